The molecule has 0 aliphatic heterocycles. The Hall–Kier alpha value is -0.120. The van der Waals surface area contributed by atoms with Gasteiger partial charge in [0, 0.05) is 0 Å². The van der Waals surface area contributed by atoms with E-state index in [0.717, 1.165) is 12.8 Å². The van der Waals surface area contributed by atoms with Crippen molar-refractivity contribution in [1.29, 1.82) is 0 Å². The molecule has 2 N–H and O–H groups in total. The lowest BCUT2D eigenvalue weighted by atomic mass is 10.0. The third kappa shape index (κ3) is 2.79. The first kappa shape index (κ1) is 8.88. The van der Waals surface area contributed by atoms with E-state index in [1.807, 2.05) is 6.92 Å². The van der Waals surface area contributed by atoms with Crippen LogP contribution in [0.15, 0.2) is 0 Å². The Balaban J connectivity index is 3.70. The van der Waals surface area contributed by atoms with Gasteiger partial charge in [-0.05, 0) is 20.3 Å². The summed E-state index contributed by atoms with van der Waals surface area (Å²) in [6.07, 6.45) is 1.73. The normalized spacial score (nSPS) is 12.7. The third-order valence-corrected chi connectivity index (χ3v) is 1.40. The molecule has 0 radical (unpaired) electrons. The number of nitrogens with zero attached hydrogens (tertiary/aromatic N) is 1. The van der Waals surface area contributed by atoms with E-state index >= 15 is 0 Å². The number of hydrogen-bond acceptors (Lipinski definition) is 3. The second kappa shape index (κ2) is 3.15. The molecule has 3 nitrogen and oxygen atoms in total. The van der Waals surface area contributed by atoms with Gasteiger partial charge in [0.05, 0.1) is 5.54 Å². The van der Waals surface area contributed by atoms with Crippen molar-refractivity contribution in [2.75, 3.05) is 0 Å². The van der Waals surface area contributed by atoms with Crippen LogP contribution in [0.5, 0.6) is 0 Å². The molecule has 0 bridgehead atoms. The van der Waals surface area contributed by atoms with E-state index in [1.54, 1.807) is 13.8 Å². The number of hydrogen-bond donors (Lipinski definition) is 2. The van der Waals surface area contributed by atoms with E-state index in [9.17, 15) is 0 Å². The van der Waals surface area contributed by atoms with Crippen molar-refractivity contribution in [3.05, 3.63) is 0 Å². The molecule has 0 unspecified atom stereocenters. The molecule has 0 aliphatic carbocycles. The molecule has 0 aromatic heterocycles. The van der Waals surface area contributed by atoms with Crippen molar-refractivity contribution < 1.29 is 10.4 Å². The summed E-state index contributed by atoms with van der Waals surface area (Å²) in [5.41, 5.74) is -0.505. The largest absolute Gasteiger partial charge is 0.289 e. The first-order valence-electron chi connectivity index (χ1n) is 3.18. The smallest absolute Gasteiger partial charge is 0.0676 e. The minimum absolute atomic E-state index is 0.274. The standard InChI is InChI=1S/C6H15NO2/c1-4-5-6(2,3)7(8)9/h8-9H,4-5H2,1-3H3. The lowest BCUT2D eigenvalue weighted by molar-refractivity contribution is -0.357. The molecule has 0 saturated heterocycles. The van der Waals surface area contributed by atoms with Crippen LogP contribution < -0.4 is 0 Å². The quantitative estimate of drug-likeness (QED) is 0.575. The minimum Gasteiger partial charge on any atom is -0.289 e. The van der Waals surface area contributed by atoms with Gasteiger partial charge in [-0.15, -0.1) is 0 Å². The molecular formula is C6H15NO2. The van der Waals surface area contributed by atoms with Gasteiger partial charge < -0.3 is 0 Å². The predicted octanol–water partition coefficient (Wildman–Crippen LogP) is 1.65. The summed E-state index contributed by atoms with van der Waals surface area (Å²) in [6.45, 7) is 5.55. The van der Waals surface area contributed by atoms with E-state index < -0.39 is 5.54 Å². The molecule has 9 heavy (non-hydrogen) atoms. The van der Waals surface area contributed by atoms with Crippen molar-refractivity contribution in [1.82, 2.24) is 5.23 Å². The molecule has 0 aromatic carbocycles. The van der Waals surface area contributed by atoms with Crippen molar-refractivity contribution in [3.63, 3.8) is 0 Å². The first-order valence-corrected chi connectivity index (χ1v) is 3.18. The monoisotopic (exact) mass is 133 g/mol. The Morgan fingerprint density at radius 2 is 1.78 bits per heavy atom. The maximum absolute atomic E-state index is 8.60. The highest BCUT2D eigenvalue weighted by molar-refractivity contribution is 4.70. The molecule has 56 valence electrons. The van der Waals surface area contributed by atoms with E-state index in [0.29, 0.717) is 0 Å². The van der Waals surface area contributed by atoms with Crippen LogP contribution in [0.1, 0.15) is 33.6 Å². The Bertz CT molecular complexity index is 81.1. The second-order valence-electron chi connectivity index (χ2n) is 2.85. The summed E-state index contributed by atoms with van der Waals surface area (Å²) in [6, 6.07) is 0. The highest BCUT2D eigenvalue weighted by Crippen LogP contribution is 2.15. The minimum atomic E-state index is -0.505. The van der Waals surface area contributed by atoms with Gasteiger partial charge in [0.15, 0.2) is 0 Å². The lowest BCUT2D eigenvalue weighted by Crippen LogP contribution is -2.38. The number of rotatable bonds is 3. The average Bonchev–Trinajstić information content (AvgIpc) is 1.65. The topological polar surface area (TPSA) is 43.7 Å². The molecular weight excluding hydrogens is 118 g/mol. The maximum atomic E-state index is 8.60. The zero-order valence-corrected chi connectivity index (χ0v) is 6.26. The van der Waals surface area contributed by atoms with Crippen LogP contribution in [-0.4, -0.2) is 21.2 Å². The highest BCUT2D eigenvalue weighted by Gasteiger charge is 2.22. The Morgan fingerprint density at radius 1 is 1.33 bits per heavy atom. The SMILES string of the molecule is CCCC(C)(C)N(O)O. The summed E-state index contributed by atoms with van der Waals surface area (Å²) < 4.78 is 0. The zero-order chi connectivity index (χ0) is 7.49. The molecule has 3 heteroatoms. The van der Waals surface area contributed by atoms with Gasteiger partial charge in [-0.3, -0.25) is 10.4 Å². The van der Waals surface area contributed by atoms with Gasteiger partial charge in [0.1, 0.15) is 0 Å². The zero-order valence-electron chi connectivity index (χ0n) is 6.26. The molecule has 0 saturated carbocycles. The van der Waals surface area contributed by atoms with E-state index in [4.69, 9.17) is 10.4 Å². The van der Waals surface area contributed by atoms with E-state index in [1.165, 1.54) is 0 Å². The van der Waals surface area contributed by atoms with Gasteiger partial charge in [-0.1, -0.05) is 18.6 Å². The Kier molecular flexibility index (Phi) is 3.11. The summed E-state index contributed by atoms with van der Waals surface area (Å²) in [5, 5.41) is 17.5. The van der Waals surface area contributed by atoms with Gasteiger partial charge in [-0.2, -0.15) is 0 Å². The average molecular weight is 133 g/mol. The van der Waals surface area contributed by atoms with Gasteiger partial charge in [-0.25, -0.2) is 0 Å². The van der Waals surface area contributed by atoms with E-state index in [2.05, 4.69) is 0 Å². The molecule has 0 spiro atoms. The van der Waals surface area contributed by atoms with Gasteiger partial charge in [0.2, 0.25) is 0 Å². The van der Waals surface area contributed by atoms with Crippen molar-refractivity contribution >= 4 is 0 Å². The molecule has 0 rings (SSSR count). The summed E-state index contributed by atoms with van der Waals surface area (Å²) in [7, 11) is 0. The van der Waals surface area contributed by atoms with E-state index in [-0.39, 0.29) is 5.23 Å². The van der Waals surface area contributed by atoms with Crippen LogP contribution in [0.3, 0.4) is 0 Å². The molecule has 0 atom stereocenters. The molecule has 0 heterocycles. The molecule has 0 aliphatic rings. The molecule has 0 aromatic rings. The predicted molar refractivity (Wildman–Crippen MR) is 34.4 cm³/mol. The highest BCUT2D eigenvalue weighted by atomic mass is 16.8. The van der Waals surface area contributed by atoms with Crippen LogP contribution >= 0.6 is 0 Å². The fraction of sp³-hybridized carbons (Fsp3) is 1.00. The maximum Gasteiger partial charge on any atom is 0.0676 e. The van der Waals surface area contributed by atoms with Gasteiger partial charge in [0.25, 0.3) is 0 Å². The Morgan fingerprint density at radius 3 is 1.89 bits per heavy atom. The second-order valence-corrected chi connectivity index (χ2v) is 2.85. The van der Waals surface area contributed by atoms with Crippen LogP contribution in [0, 0.1) is 0 Å². The first-order chi connectivity index (χ1) is 4.00. The Labute approximate surface area is 55.8 Å². The molecule has 0 fully saturated rings. The van der Waals surface area contributed by atoms with Crippen LogP contribution in [0.2, 0.25) is 0 Å². The lowest BCUT2D eigenvalue weighted by Gasteiger charge is -2.27. The summed E-state index contributed by atoms with van der Waals surface area (Å²) >= 11 is 0. The van der Waals surface area contributed by atoms with Crippen LogP contribution in [0.4, 0.5) is 0 Å². The van der Waals surface area contributed by atoms with Gasteiger partial charge >= 0.3 is 0 Å². The summed E-state index contributed by atoms with van der Waals surface area (Å²) in [5.74, 6) is 0. The number of hydroxylamine groups is 2. The fourth-order valence-corrected chi connectivity index (χ4v) is 0.712. The van der Waals surface area contributed by atoms with Crippen molar-refractivity contribution in [3.8, 4) is 0 Å². The van der Waals surface area contributed by atoms with Crippen LogP contribution in [-0.2, 0) is 0 Å². The molecule has 0 amide bonds. The third-order valence-electron chi connectivity index (χ3n) is 1.40. The van der Waals surface area contributed by atoms with Crippen molar-refractivity contribution in [2.24, 2.45) is 0 Å². The summed E-state index contributed by atoms with van der Waals surface area (Å²) in [4.78, 5) is 0. The van der Waals surface area contributed by atoms with Crippen LogP contribution in [0.25, 0.3) is 0 Å². The van der Waals surface area contributed by atoms with Crippen molar-refractivity contribution in [2.45, 2.75) is 39.2 Å². The fourth-order valence-electron chi connectivity index (χ4n) is 0.712.